The Labute approximate surface area is 293 Å². The fourth-order valence-corrected chi connectivity index (χ4v) is 7.19. The number of benzene rings is 4. The van der Waals surface area contributed by atoms with Crippen LogP contribution in [-0.2, 0) is 32.6 Å². The van der Waals surface area contributed by atoms with Crippen LogP contribution in [0.1, 0.15) is 42.0 Å². The van der Waals surface area contributed by atoms with Gasteiger partial charge in [-0.1, -0.05) is 96.7 Å². The van der Waals surface area contributed by atoms with Crippen LogP contribution < -0.4 is 14.4 Å². The predicted molar refractivity (Wildman–Crippen MR) is 192 cm³/mol. The smallest absolute Gasteiger partial charge is 0.264 e. The van der Waals surface area contributed by atoms with Gasteiger partial charge in [0.2, 0.25) is 11.8 Å². The van der Waals surface area contributed by atoms with Crippen LogP contribution in [0.4, 0.5) is 5.69 Å². The molecule has 0 aromatic heterocycles. The van der Waals surface area contributed by atoms with Gasteiger partial charge in [-0.05, 0) is 67.8 Å². The monoisotopic (exact) mass is 709 g/mol. The molecule has 0 fully saturated rings. The topological polar surface area (TPSA) is 96.0 Å². The van der Waals surface area contributed by atoms with E-state index in [0.29, 0.717) is 22.2 Å². The van der Waals surface area contributed by atoms with Crippen LogP contribution in [-0.4, -0.2) is 51.4 Å². The van der Waals surface area contributed by atoms with E-state index in [1.165, 1.54) is 24.1 Å². The summed E-state index contributed by atoms with van der Waals surface area (Å²) in [5.41, 5.74) is 3.09. The highest BCUT2D eigenvalue weighted by Gasteiger charge is 2.36. The van der Waals surface area contributed by atoms with Gasteiger partial charge in [0.25, 0.3) is 10.0 Å². The van der Waals surface area contributed by atoms with Gasteiger partial charge < -0.3 is 15.0 Å². The molecule has 254 valence electrons. The fourth-order valence-electron chi connectivity index (χ4n) is 5.26. The number of sulfonamides is 1. The number of halogens is 2. The number of hydrogen-bond donors (Lipinski definition) is 1. The Morgan fingerprint density at radius 2 is 1.52 bits per heavy atom. The zero-order valence-electron chi connectivity index (χ0n) is 27.6. The van der Waals surface area contributed by atoms with Crippen molar-refractivity contribution >= 4 is 50.7 Å². The van der Waals surface area contributed by atoms with E-state index in [0.717, 1.165) is 33.8 Å². The Morgan fingerprint density at radius 1 is 0.875 bits per heavy atom. The average molecular weight is 711 g/mol. The van der Waals surface area contributed by atoms with Gasteiger partial charge in [-0.15, -0.1) is 0 Å². The average Bonchev–Trinajstić information content (AvgIpc) is 3.07. The van der Waals surface area contributed by atoms with Gasteiger partial charge in [0.05, 0.1) is 17.7 Å². The van der Waals surface area contributed by atoms with Crippen molar-refractivity contribution in [1.82, 2.24) is 10.2 Å². The zero-order valence-corrected chi connectivity index (χ0v) is 29.9. The molecule has 1 atom stereocenters. The molecule has 0 spiro atoms. The number of ether oxygens (including phenoxy) is 1. The van der Waals surface area contributed by atoms with Gasteiger partial charge in [-0.25, -0.2) is 8.42 Å². The molecule has 4 rings (SSSR count). The number of carbonyl (C=O) groups is 2. The molecule has 8 nitrogen and oxygen atoms in total. The fraction of sp³-hybridized carbons (Fsp3) is 0.297. The van der Waals surface area contributed by atoms with Crippen molar-refractivity contribution in [1.29, 1.82) is 0 Å². The molecular formula is C37H41Cl2N3O5S. The van der Waals surface area contributed by atoms with Crippen molar-refractivity contribution in [2.75, 3.05) is 24.5 Å². The third-order valence-corrected chi connectivity index (χ3v) is 10.5. The van der Waals surface area contributed by atoms with E-state index < -0.39 is 28.5 Å². The third kappa shape index (κ3) is 9.09. The van der Waals surface area contributed by atoms with E-state index in [1.807, 2.05) is 51.1 Å². The lowest BCUT2D eigenvalue weighted by Gasteiger charge is -2.34. The second kappa shape index (κ2) is 16.9. The molecule has 0 aliphatic carbocycles. The van der Waals surface area contributed by atoms with Crippen LogP contribution in [0.5, 0.6) is 5.75 Å². The van der Waals surface area contributed by atoms with E-state index in [2.05, 4.69) is 5.32 Å². The molecule has 0 aliphatic rings. The summed E-state index contributed by atoms with van der Waals surface area (Å²) < 4.78 is 35.4. The Morgan fingerprint density at radius 3 is 2.15 bits per heavy atom. The van der Waals surface area contributed by atoms with Gasteiger partial charge in [0.1, 0.15) is 18.3 Å². The zero-order chi connectivity index (χ0) is 34.8. The van der Waals surface area contributed by atoms with E-state index in [-0.39, 0.29) is 35.2 Å². The Balaban J connectivity index is 1.87. The summed E-state index contributed by atoms with van der Waals surface area (Å²) >= 11 is 13.2. The Bertz CT molecular complexity index is 1800. The minimum Gasteiger partial charge on any atom is -0.495 e. The van der Waals surface area contributed by atoms with Crippen LogP contribution in [0.3, 0.4) is 0 Å². The summed E-state index contributed by atoms with van der Waals surface area (Å²) in [6.07, 6.45) is 1.79. The molecule has 2 amide bonds. The normalized spacial score (nSPS) is 11.9. The second-order valence-electron chi connectivity index (χ2n) is 11.6. The first kappa shape index (κ1) is 36.8. The maximum absolute atomic E-state index is 14.7. The van der Waals surface area contributed by atoms with Gasteiger partial charge in [0.15, 0.2) is 0 Å². The largest absolute Gasteiger partial charge is 0.495 e. The molecule has 0 saturated carbocycles. The molecule has 0 radical (unpaired) electrons. The third-order valence-electron chi connectivity index (χ3n) is 7.98. The molecule has 4 aromatic carbocycles. The molecule has 0 heterocycles. The van der Waals surface area contributed by atoms with Crippen molar-refractivity contribution in [3.63, 3.8) is 0 Å². The van der Waals surface area contributed by atoms with Crippen molar-refractivity contribution in [2.24, 2.45) is 0 Å². The lowest BCUT2D eigenvalue weighted by molar-refractivity contribution is -0.140. The molecule has 1 N–H and O–H groups in total. The quantitative estimate of drug-likeness (QED) is 0.130. The molecule has 48 heavy (non-hydrogen) atoms. The molecule has 0 saturated heterocycles. The number of hydrogen-bond acceptors (Lipinski definition) is 5. The van der Waals surface area contributed by atoms with Gasteiger partial charge >= 0.3 is 0 Å². The van der Waals surface area contributed by atoms with Gasteiger partial charge in [0, 0.05) is 35.1 Å². The lowest BCUT2D eigenvalue weighted by Crippen LogP contribution is -2.53. The van der Waals surface area contributed by atoms with E-state index in [1.54, 1.807) is 48.5 Å². The van der Waals surface area contributed by atoms with Crippen molar-refractivity contribution in [2.45, 2.75) is 57.5 Å². The summed E-state index contributed by atoms with van der Waals surface area (Å²) in [7, 11) is -2.87. The number of nitrogens with zero attached hydrogens (tertiary/aromatic N) is 2. The highest BCUT2D eigenvalue weighted by Crippen LogP contribution is 2.34. The number of aryl methyl sites for hydroxylation is 2. The molecular weight excluding hydrogens is 669 g/mol. The standard InChI is InChI=1S/C37H41Cl2N3O5S/c1-5-6-21-40-37(44)34(23-28-11-8-7-9-12-28)41(24-30-31(38)13-10-14-32(30)39)36(43)25-42(33-22-27(3)17-20-35(33)47-4)48(45,46)29-18-15-26(2)16-19-29/h7-20,22,34H,5-6,21,23-25H2,1-4H3,(H,40,44)/t34-/m0/s1. The Hall–Kier alpha value is -4.05. The molecule has 0 unspecified atom stereocenters. The first-order valence-electron chi connectivity index (χ1n) is 15.7. The molecule has 0 aliphatic heterocycles. The first-order valence-corrected chi connectivity index (χ1v) is 17.9. The van der Waals surface area contributed by atoms with Crippen LogP contribution in [0, 0.1) is 13.8 Å². The minimum absolute atomic E-state index is 0.00306. The van der Waals surface area contributed by atoms with Gasteiger partial charge in [-0.3, -0.25) is 13.9 Å². The van der Waals surface area contributed by atoms with Crippen molar-refractivity contribution in [3.8, 4) is 5.75 Å². The first-order chi connectivity index (χ1) is 23.0. The maximum atomic E-state index is 14.7. The number of carbonyl (C=O) groups excluding carboxylic acids is 2. The number of unbranched alkanes of at least 4 members (excludes halogenated alkanes) is 1. The van der Waals surface area contributed by atoms with E-state index >= 15 is 0 Å². The number of amides is 2. The SMILES string of the molecule is CCCCNC(=O)[C@H](Cc1ccccc1)N(Cc1c(Cl)cccc1Cl)C(=O)CN(c1cc(C)ccc1OC)S(=O)(=O)c1ccc(C)cc1. The summed E-state index contributed by atoms with van der Waals surface area (Å²) in [6, 6.07) is 24.9. The minimum atomic E-state index is -4.31. The van der Waals surface area contributed by atoms with E-state index in [4.69, 9.17) is 27.9 Å². The van der Waals surface area contributed by atoms with Crippen molar-refractivity contribution in [3.05, 3.63) is 123 Å². The highest BCUT2D eigenvalue weighted by molar-refractivity contribution is 7.92. The number of anilines is 1. The molecule has 11 heteroatoms. The number of rotatable bonds is 15. The molecule has 0 bridgehead atoms. The number of methoxy groups -OCH3 is 1. The summed E-state index contributed by atoms with van der Waals surface area (Å²) in [4.78, 5) is 30.1. The number of nitrogens with one attached hydrogen (secondary N) is 1. The van der Waals surface area contributed by atoms with Gasteiger partial charge in [-0.2, -0.15) is 0 Å². The van der Waals surface area contributed by atoms with Crippen LogP contribution in [0.2, 0.25) is 10.0 Å². The van der Waals surface area contributed by atoms with Crippen LogP contribution >= 0.6 is 23.2 Å². The molecule has 4 aromatic rings. The van der Waals surface area contributed by atoms with E-state index in [9.17, 15) is 18.0 Å². The van der Waals surface area contributed by atoms with Crippen LogP contribution in [0.25, 0.3) is 0 Å². The lowest BCUT2D eigenvalue weighted by atomic mass is 10.0. The Kier molecular flexibility index (Phi) is 12.9. The summed E-state index contributed by atoms with van der Waals surface area (Å²) in [5.74, 6) is -0.732. The predicted octanol–water partition coefficient (Wildman–Crippen LogP) is 7.37. The van der Waals surface area contributed by atoms with Crippen LogP contribution in [0.15, 0.2) is 95.9 Å². The maximum Gasteiger partial charge on any atom is 0.264 e. The summed E-state index contributed by atoms with van der Waals surface area (Å²) in [6.45, 7) is 5.35. The van der Waals surface area contributed by atoms with Crippen molar-refractivity contribution < 1.29 is 22.7 Å². The second-order valence-corrected chi connectivity index (χ2v) is 14.2. The highest BCUT2D eigenvalue weighted by atomic mass is 35.5. The summed E-state index contributed by atoms with van der Waals surface area (Å²) in [5, 5.41) is 3.60.